The first kappa shape index (κ1) is 9.83. The number of fused-ring (bicyclic) bond motifs is 1. The van der Waals surface area contributed by atoms with Crippen LogP contribution in [0.4, 0.5) is 5.69 Å². The van der Waals surface area contributed by atoms with Crippen LogP contribution in [0.15, 0.2) is 22.6 Å². The van der Waals surface area contributed by atoms with Gasteiger partial charge in [-0.05, 0) is 26.0 Å². The molecule has 0 bridgehead atoms. The molecule has 0 atom stereocenters. The van der Waals surface area contributed by atoms with Crippen LogP contribution in [0.25, 0.3) is 17.1 Å². The van der Waals surface area contributed by atoms with Gasteiger partial charge in [-0.3, -0.25) is 0 Å². The molecule has 0 fully saturated rings. The number of aromatic nitrogens is 4. The standard InChI is InChI=1S/C11H11N5O/c1-6-13-7(2)16(15-6)11-14-10-8(12)4-3-5-9(10)17-11/h3-5H,12H2,1-2H3. The molecule has 6 nitrogen and oxygen atoms in total. The topological polar surface area (TPSA) is 82.8 Å². The highest BCUT2D eigenvalue weighted by Crippen LogP contribution is 2.23. The van der Waals surface area contributed by atoms with Gasteiger partial charge in [0.15, 0.2) is 5.58 Å². The van der Waals surface area contributed by atoms with Gasteiger partial charge in [0, 0.05) is 0 Å². The summed E-state index contributed by atoms with van der Waals surface area (Å²) in [5.74, 6) is 1.41. The van der Waals surface area contributed by atoms with E-state index in [9.17, 15) is 0 Å². The predicted octanol–water partition coefficient (Wildman–Crippen LogP) is 1.61. The van der Waals surface area contributed by atoms with Gasteiger partial charge in [0.25, 0.3) is 0 Å². The van der Waals surface area contributed by atoms with Gasteiger partial charge < -0.3 is 10.2 Å². The van der Waals surface area contributed by atoms with E-state index in [1.807, 2.05) is 26.0 Å². The van der Waals surface area contributed by atoms with Crippen molar-refractivity contribution in [2.45, 2.75) is 13.8 Å². The highest BCUT2D eigenvalue weighted by Gasteiger charge is 2.13. The molecule has 0 saturated carbocycles. The highest BCUT2D eigenvalue weighted by molar-refractivity contribution is 5.85. The van der Waals surface area contributed by atoms with Gasteiger partial charge in [0.05, 0.1) is 5.69 Å². The zero-order valence-electron chi connectivity index (χ0n) is 9.51. The molecule has 17 heavy (non-hydrogen) atoms. The van der Waals surface area contributed by atoms with E-state index in [0.29, 0.717) is 28.6 Å². The largest absolute Gasteiger partial charge is 0.422 e. The van der Waals surface area contributed by atoms with E-state index in [0.717, 1.165) is 5.82 Å². The number of hydrogen-bond donors (Lipinski definition) is 1. The van der Waals surface area contributed by atoms with E-state index < -0.39 is 0 Å². The molecule has 0 spiro atoms. The molecule has 0 unspecified atom stereocenters. The lowest BCUT2D eigenvalue weighted by atomic mass is 10.3. The summed E-state index contributed by atoms with van der Waals surface area (Å²) in [4.78, 5) is 8.53. The Labute approximate surface area is 97.1 Å². The number of nitrogen functional groups attached to an aromatic ring is 1. The maximum atomic E-state index is 5.82. The van der Waals surface area contributed by atoms with Crippen LogP contribution in [0.2, 0.25) is 0 Å². The Bertz CT molecular complexity index is 697. The van der Waals surface area contributed by atoms with Crippen molar-refractivity contribution in [3.63, 3.8) is 0 Å². The van der Waals surface area contributed by atoms with Gasteiger partial charge in [-0.15, -0.1) is 5.10 Å². The molecule has 2 N–H and O–H groups in total. The molecule has 3 aromatic rings. The minimum absolute atomic E-state index is 0.385. The summed E-state index contributed by atoms with van der Waals surface area (Å²) in [6.07, 6.45) is 0. The SMILES string of the molecule is Cc1nc(C)n(-c2nc3c(N)cccc3o2)n1. The second-order valence-electron chi connectivity index (χ2n) is 3.81. The number of oxazole rings is 1. The van der Waals surface area contributed by atoms with Gasteiger partial charge >= 0.3 is 6.01 Å². The van der Waals surface area contributed by atoms with Crippen molar-refractivity contribution in [1.82, 2.24) is 19.7 Å². The lowest BCUT2D eigenvalue weighted by Gasteiger charge is -1.93. The Morgan fingerprint density at radius 1 is 1.24 bits per heavy atom. The summed E-state index contributed by atoms with van der Waals surface area (Å²) in [5.41, 5.74) is 7.71. The fraction of sp³-hybridized carbons (Fsp3) is 0.182. The van der Waals surface area contributed by atoms with Gasteiger partial charge in [0.2, 0.25) is 0 Å². The number of aryl methyl sites for hydroxylation is 2. The van der Waals surface area contributed by atoms with Gasteiger partial charge in [0.1, 0.15) is 17.2 Å². The molecule has 0 aliphatic rings. The first-order valence-electron chi connectivity index (χ1n) is 5.21. The maximum Gasteiger partial charge on any atom is 0.325 e. The predicted molar refractivity (Wildman–Crippen MR) is 62.8 cm³/mol. The molecule has 0 aliphatic heterocycles. The average molecular weight is 229 g/mol. The van der Waals surface area contributed by atoms with Gasteiger partial charge in [-0.25, -0.2) is 4.98 Å². The van der Waals surface area contributed by atoms with Crippen LogP contribution in [0.3, 0.4) is 0 Å². The maximum absolute atomic E-state index is 5.82. The molecule has 0 aliphatic carbocycles. The Morgan fingerprint density at radius 2 is 2.06 bits per heavy atom. The number of para-hydroxylation sites is 1. The molecule has 86 valence electrons. The molecule has 0 amide bonds. The third-order valence-electron chi connectivity index (χ3n) is 2.49. The molecule has 3 rings (SSSR count). The van der Waals surface area contributed by atoms with Crippen LogP contribution >= 0.6 is 0 Å². The summed E-state index contributed by atoms with van der Waals surface area (Å²) < 4.78 is 7.16. The van der Waals surface area contributed by atoms with E-state index in [1.165, 1.54) is 0 Å². The number of rotatable bonds is 1. The molecule has 0 saturated heterocycles. The number of nitrogens with zero attached hydrogens (tertiary/aromatic N) is 4. The third kappa shape index (κ3) is 1.45. The van der Waals surface area contributed by atoms with E-state index in [4.69, 9.17) is 10.2 Å². The number of nitrogens with two attached hydrogens (primary N) is 1. The molecule has 6 heteroatoms. The summed E-state index contributed by atoms with van der Waals surface area (Å²) in [6.45, 7) is 3.67. The first-order valence-corrected chi connectivity index (χ1v) is 5.21. The van der Waals surface area contributed by atoms with Gasteiger partial charge in [-0.2, -0.15) is 9.67 Å². The Hall–Kier alpha value is -2.37. The Balaban J connectivity index is 2.25. The summed E-state index contributed by atoms with van der Waals surface area (Å²) >= 11 is 0. The van der Waals surface area contributed by atoms with E-state index >= 15 is 0 Å². The number of benzene rings is 1. The molecular weight excluding hydrogens is 218 g/mol. The van der Waals surface area contributed by atoms with Crippen molar-refractivity contribution in [1.29, 1.82) is 0 Å². The van der Waals surface area contributed by atoms with Crippen LogP contribution in [0.5, 0.6) is 0 Å². The van der Waals surface area contributed by atoms with Crippen molar-refractivity contribution in [2.75, 3.05) is 5.73 Å². The Kier molecular flexibility index (Phi) is 1.91. The van der Waals surface area contributed by atoms with Crippen LogP contribution < -0.4 is 5.73 Å². The van der Waals surface area contributed by atoms with E-state index in [-0.39, 0.29) is 0 Å². The summed E-state index contributed by atoms with van der Waals surface area (Å²) in [5, 5.41) is 4.21. The normalized spacial score (nSPS) is 11.2. The van der Waals surface area contributed by atoms with Crippen LogP contribution in [0.1, 0.15) is 11.6 Å². The average Bonchev–Trinajstić information content (AvgIpc) is 2.82. The smallest absolute Gasteiger partial charge is 0.325 e. The number of hydrogen-bond acceptors (Lipinski definition) is 5. The fourth-order valence-electron chi connectivity index (χ4n) is 1.75. The van der Waals surface area contributed by atoms with Crippen molar-refractivity contribution in [2.24, 2.45) is 0 Å². The van der Waals surface area contributed by atoms with Crippen LogP contribution in [0, 0.1) is 13.8 Å². The lowest BCUT2D eigenvalue weighted by Crippen LogP contribution is -1.99. The fourth-order valence-corrected chi connectivity index (χ4v) is 1.75. The van der Waals surface area contributed by atoms with Crippen molar-refractivity contribution >= 4 is 16.8 Å². The van der Waals surface area contributed by atoms with Crippen molar-refractivity contribution in [3.05, 3.63) is 29.8 Å². The van der Waals surface area contributed by atoms with Crippen LogP contribution in [-0.4, -0.2) is 19.7 Å². The van der Waals surface area contributed by atoms with E-state index in [1.54, 1.807) is 10.7 Å². The quantitative estimate of drug-likeness (QED) is 0.641. The van der Waals surface area contributed by atoms with Gasteiger partial charge in [-0.1, -0.05) is 6.07 Å². The molecule has 1 aromatic carbocycles. The minimum atomic E-state index is 0.385. The Morgan fingerprint density at radius 3 is 2.71 bits per heavy atom. The lowest BCUT2D eigenvalue weighted by molar-refractivity contribution is 0.536. The van der Waals surface area contributed by atoms with Crippen molar-refractivity contribution < 1.29 is 4.42 Å². The monoisotopic (exact) mass is 229 g/mol. The molecule has 2 aromatic heterocycles. The highest BCUT2D eigenvalue weighted by atomic mass is 16.4. The molecular formula is C11H11N5O. The minimum Gasteiger partial charge on any atom is -0.422 e. The third-order valence-corrected chi connectivity index (χ3v) is 2.49. The zero-order chi connectivity index (χ0) is 12.0. The zero-order valence-corrected chi connectivity index (χ0v) is 9.51. The summed E-state index contributed by atoms with van der Waals surface area (Å²) in [6, 6.07) is 5.82. The molecule has 2 heterocycles. The van der Waals surface area contributed by atoms with Crippen LogP contribution in [-0.2, 0) is 0 Å². The second kappa shape index (κ2) is 3.31. The first-order chi connectivity index (χ1) is 8.15. The second-order valence-corrected chi connectivity index (χ2v) is 3.81. The number of anilines is 1. The summed E-state index contributed by atoms with van der Waals surface area (Å²) in [7, 11) is 0. The molecule has 0 radical (unpaired) electrons. The van der Waals surface area contributed by atoms with E-state index in [2.05, 4.69) is 15.1 Å². The van der Waals surface area contributed by atoms with Crippen molar-refractivity contribution in [3.8, 4) is 6.01 Å².